The highest BCUT2D eigenvalue weighted by molar-refractivity contribution is 7.89. The normalized spacial score (nSPS) is 21.0. The second-order valence-corrected chi connectivity index (χ2v) is 13.2. The van der Waals surface area contributed by atoms with Gasteiger partial charge in [-0.2, -0.15) is 4.31 Å². The number of hydrogen-bond acceptors (Lipinski definition) is 9. The Morgan fingerprint density at radius 1 is 1.07 bits per heavy atom. The molecule has 2 aliphatic heterocycles. The second kappa shape index (κ2) is 12.4. The number of piperazine rings is 1. The highest BCUT2D eigenvalue weighted by Gasteiger charge is 2.32. The van der Waals surface area contributed by atoms with E-state index in [9.17, 15) is 13.2 Å². The van der Waals surface area contributed by atoms with Gasteiger partial charge >= 0.3 is 0 Å². The van der Waals surface area contributed by atoms with Crippen molar-refractivity contribution in [1.29, 1.82) is 0 Å². The van der Waals surface area contributed by atoms with Gasteiger partial charge in [-0.3, -0.25) is 9.69 Å². The average Bonchev–Trinajstić information content (AvgIpc) is 3.39. The van der Waals surface area contributed by atoms with Crippen LogP contribution in [0, 0.1) is 0 Å². The van der Waals surface area contributed by atoms with E-state index in [1.54, 1.807) is 23.5 Å². The summed E-state index contributed by atoms with van der Waals surface area (Å²) in [6.07, 6.45) is -0.319. The molecule has 1 aromatic heterocycles. The van der Waals surface area contributed by atoms with Gasteiger partial charge in [0.15, 0.2) is 5.13 Å². The number of anilines is 1. The molecule has 2 saturated heterocycles. The van der Waals surface area contributed by atoms with Crippen molar-refractivity contribution in [3.8, 4) is 5.75 Å². The monoisotopic (exact) mass is 587 g/mol. The van der Waals surface area contributed by atoms with Gasteiger partial charge in [0.1, 0.15) is 11.3 Å². The van der Waals surface area contributed by atoms with E-state index in [1.165, 1.54) is 16.4 Å². The van der Waals surface area contributed by atoms with Crippen LogP contribution in [0.5, 0.6) is 5.75 Å². The third-order valence-corrected chi connectivity index (χ3v) is 10.1. The maximum Gasteiger partial charge on any atom is 0.251 e. The Labute approximate surface area is 239 Å². The standard InChI is InChI=1S/C28H37N5O5S2/c1-4-37-24-6-5-7-25-26(24)30-28(39-25)32-16-14-31(15-17-32)13-12-29-27(34)22-8-10-23(11-9-22)40(35,36)33-18-20(2)38-21(3)19-33/h5-11,20-21H,4,12-19H2,1-3H3,(H,29,34). The molecule has 2 fully saturated rings. The molecule has 0 aliphatic carbocycles. The van der Waals surface area contributed by atoms with Crippen molar-refractivity contribution in [2.24, 2.45) is 0 Å². The maximum absolute atomic E-state index is 13.1. The number of benzene rings is 2. The zero-order valence-electron chi connectivity index (χ0n) is 23.2. The molecular formula is C28H37N5O5S2. The van der Waals surface area contributed by atoms with E-state index < -0.39 is 10.0 Å². The molecule has 0 bridgehead atoms. The van der Waals surface area contributed by atoms with Gasteiger partial charge in [-0.15, -0.1) is 0 Å². The van der Waals surface area contributed by atoms with Crippen LogP contribution >= 0.6 is 11.3 Å². The molecule has 0 saturated carbocycles. The van der Waals surface area contributed by atoms with Crippen molar-refractivity contribution in [1.82, 2.24) is 19.5 Å². The quantitative estimate of drug-likeness (QED) is 0.408. The van der Waals surface area contributed by atoms with Gasteiger partial charge < -0.3 is 19.7 Å². The zero-order chi connectivity index (χ0) is 28.3. The van der Waals surface area contributed by atoms with Crippen LogP contribution in [-0.2, 0) is 14.8 Å². The minimum absolute atomic E-state index is 0.159. The molecule has 3 aromatic rings. The Balaban J connectivity index is 1.09. The fourth-order valence-electron chi connectivity index (χ4n) is 5.17. The van der Waals surface area contributed by atoms with Gasteiger partial charge in [0.2, 0.25) is 10.0 Å². The number of aromatic nitrogens is 1. The molecule has 10 nitrogen and oxygen atoms in total. The van der Waals surface area contributed by atoms with Crippen molar-refractivity contribution in [2.45, 2.75) is 37.9 Å². The molecule has 1 amide bonds. The lowest BCUT2D eigenvalue weighted by molar-refractivity contribution is -0.0440. The van der Waals surface area contributed by atoms with E-state index in [2.05, 4.69) is 21.2 Å². The van der Waals surface area contributed by atoms with Gasteiger partial charge in [-0.05, 0) is 57.2 Å². The average molecular weight is 588 g/mol. The smallest absolute Gasteiger partial charge is 0.251 e. The highest BCUT2D eigenvalue weighted by Crippen LogP contribution is 2.34. The Morgan fingerprint density at radius 3 is 2.45 bits per heavy atom. The van der Waals surface area contributed by atoms with Crippen LogP contribution in [0.3, 0.4) is 0 Å². The SMILES string of the molecule is CCOc1cccc2sc(N3CCN(CCNC(=O)c4ccc(S(=O)(=O)N5CC(C)OC(C)C5)cc4)CC3)nc12. The van der Waals surface area contributed by atoms with Gasteiger partial charge in [0, 0.05) is 57.9 Å². The van der Waals surface area contributed by atoms with E-state index in [-0.39, 0.29) is 23.0 Å². The fourth-order valence-corrected chi connectivity index (χ4v) is 7.79. The summed E-state index contributed by atoms with van der Waals surface area (Å²) in [6.45, 7) is 11.7. The summed E-state index contributed by atoms with van der Waals surface area (Å²) in [5.41, 5.74) is 1.36. The third kappa shape index (κ3) is 6.41. The number of rotatable bonds is 9. The molecule has 2 unspecified atom stereocenters. The van der Waals surface area contributed by atoms with Crippen LogP contribution in [-0.4, -0.2) is 99.7 Å². The lowest BCUT2D eigenvalue weighted by Crippen LogP contribution is -2.48. The van der Waals surface area contributed by atoms with Crippen LogP contribution in [0.2, 0.25) is 0 Å². The number of carbonyl (C=O) groups excluding carboxylic acids is 1. The van der Waals surface area contributed by atoms with E-state index in [0.29, 0.717) is 31.8 Å². The van der Waals surface area contributed by atoms with Crippen molar-refractivity contribution in [2.75, 3.05) is 63.9 Å². The number of para-hydroxylation sites is 1. The van der Waals surface area contributed by atoms with Gasteiger partial charge in [0.25, 0.3) is 5.91 Å². The van der Waals surface area contributed by atoms with Crippen LogP contribution in [0.1, 0.15) is 31.1 Å². The molecule has 12 heteroatoms. The lowest BCUT2D eigenvalue weighted by Gasteiger charge is -2.34. The number of morpholine rings is 1. The topological polar surface area (TPSA) is 104 Å². The van der Waals surface area contributed by atoms with E-state index in [0.717, 1.165) is 53.8 Å². The molecule has 2 aromatic carbocycles. The first kappa shape index (κ1) is 28.7. The first-order chi connectivity index (χ1) is 19.2. The Hall–Kier alpha value is -2.77. The van der Waals surface area contributed by atoms with Crippen molar-refractivity contribution in [3.63, 3.8) is 0 Å². The maximum atomic E-state index is 13.1. The molecule has 40 heavy (non-hydrogen) atoms. The predicted molar refractivity (Wildman–Crippen MR) is 157 cm³/mol. The molecular weight excluding hydrogens is 550 g/mol. The molecule has 2 aliphatic rings. The van der Waals surface area contributed by atoms with Crippen LogP contribution in [0.15, 0.2) is 47.4 Å². The van der Waals surface area contributed by atoms with Crippen molar-refractivity contribution in [3.05, 3.63) is 48.0 Å². The minimum Gasteiger partial charge on any atom is -0.492 e. The number of hydrogen-bond donors (Lipinski definition) is 1. The summed E-state index contributed by atoms with van der Waals surface area (Å²) >= 11 is 1.69. The second-order valence-electron chi connectivity index (χ2n) is 10.2. The molecule has 3 heterocycles. The lowest BCUT2D eigenvalue weighted by atomic mass is 10.2. The number of amides is 1. The van der Waals surface area contributed by atoms with Crippen LogP contribution < -0.4 is 15.0 Å². The van der Waals surface area contributed by atoms with E-state index in [4.69, 9.17) is 14.5 Å². The Bertz CT molecular complexity index is 1410. The van der Waals surface area contributed by atoms with Gasteiger partial charge in [-0.1, -0.05) is 17.4 Å². The molecule has 5 rings (SSSR count). The van der Waals surface area contributed by atoms with Gasteiger partial charge in [-0.25, -0.2) is 13.4 Å². The molecule has 1 N–H and O–H groups in total. The van der Waals surface area contributed by atoms with Crippen molar-refractivity contribution >= 4 is 42.6 Å². The highest BCUT2D eigenvalue weighted by atomic mass is 32.2. The summed E-state index contributed by atoms with van der Waals surface area (Å²) in [5, 5.41) is 3.98. The number of nitrogens with zero attached hydrogens (tertiary/aromatic N) is 4. The summed E-state index contributed by atoms with van der Waals surface area (Å²) in [7, 11) is -3.64. The predicted octanol–water partition coefficient (Wildman–Crippen LogP) is 3.04. The van der Waals surface area contributed by atoms with Crippen molar-refractivity contribution < 1.29 is 22.7 Å². The van der Waals surface area contributed by atoms with Crippen LogP contribution in [0.25, 0.3) is 10.2 Å². The zero-order valence-corrected chi connectivity index (χ0v) is 24.8. The number of thiazole rings is 1. The first-order valence-electron chi connectivity index (χ1n) is 13.8. The number of sulfonamides is 1. The minimum atomic E-state index is -3.64. The van der Waals surface area contributed by atoms with E-state index in [1.807, 2.05) is 32.9 Å². The summed E-state index contributed by atoms with van der Waals surface area (Å²) in [5.74, 6) is 0.616. The van der Waals surface area contributed by atoms with E-state index >= 15 is 0 Å². The Kier molecular flexibility index (Phi) is 8.91. The van der Waals surface area contributed by atoms with Crippen LogP contribution in [0.4, 0.5) is 5.13 Å². The number of carbonyl (C=O) groups is 1. The first-order valence-corrected chi connectivity index (χ1v) is 16.0. The third-order valence-electron chi connectivity index (χ3n) is 7.17. The summed E-state index contributed by atoms with van der Waals surface area (Å²) < 4.78 is 40.1. The number of fused-ring (bicyclic) bond motifs is 1. The number of nitrogens with one attached hydrogen (secondary N) is 1. The molecule has 0 radical (unpaired) electrons. The number of ether oxygens (including phenoxy) is 2. The Morgan fingerprint density at radius 2 is 1.77 bits per heavy atom. The fraction of sp³-hybridized carbons (Fsp3) is 0.500. The van der Waals surface area contributed by atoms with Gasteiger partial charge in [0.05, 0.1) is 28.4 Å². The summed E-state index contributed by atoms with van der Waals surface area (Å²) in [6, 6.07) is 12.2. The summed E-state index contributed by atoms with van der Waals surface area (Å²) in [4.78, 5) is 22.4. The molecule has 2 atom stereocenters. The molecule has 0 spiro atoms. The largest absolute Gasteiger partial charge is 0.492 e. The molecule has 216 valence electrons.